The summed E-state index contributed by atoms with van der Waals surface area (Å²) in [5, 5.41) is 14.1. The summed E-state index contributed by atoms with van der Waals surface area (Å²) in [6.07, 6.45) is 0.448. The second-order valence-corrected chi connectivity index (χ2v) is 3.70. The highest BCUT2D eigenvalue weighted by atomic mass is 16.3. The fraction of sp³-hybridized carbons (Fsp3) is 0.364. The molecule has 1 aromatic rings. The molecule has 7 heteroatoms. The van der Waals surface area contributed by atoms with Crippen molar-refractivity contribution in [1.29, 1.82) is 0 Å². The number of aliphatic hydroxyl groups excluding tert-OH is 1. The number of para-hydroxylation sites is 1. The van der Waals surface area contributed by atoms with Gasteiger partial charge in [0.1, 0.15) is 6.54 Å². The van der Waals surface area contributed by atoms with Crippen LogP contribution in [0.4, 0.5) is 5.69 Å². The van der Waals surface area contributed by atoms with E-state index < -0.39 is 5.91 Å². The van der Waals surface area contributed by atoms with Crippen molar-refractivity contribution in [1.82, 2.24) is 5.12 Å². The summed E-state index contributed by atoms with van der Waals surface area (Å²) < 4.78 is 0. The van der Waals surface area contributed by atoms with Crippen molar-refractivity contribution in [3.63, 3.8) is 0 Å². The van der Waals surface area contributed by atoms with E-state index >= 15 is 0 Å². The Labute approximate surface area is 105 Å². The lowest BCUT2D eigenvalue weighted by molar-refractivity contribution is -0.119. The van der Waals surface area contributed by atoms with Crippen molar-refractivity contribution < 1.29 is 9.90 Å². The van der Waals surface area contributed by atoms with Gasteiger partial charge in [-0.1, -0.05) is 18.2 Å². The fourth-order valence-electron chi connectivity index (χ4n) is 1.61. The predicted octanol–water partition coefficient (Wildman–Crippen LogP) is 0.0413. The van der Waals surface area contributed by atoms with Gasteiger partial charge in [-0.2, -0.15) is 5.12 Å². The maximum absolute atomic E-state index is 10.8. The van der Waals surface area contributed by atoms with Gasteiger partial charge in [0.15, 0.2) is 0 Å². The maximum Gasteiger partial charge on any atom is 0.241 e. The Morgan fingerprint density at radius 3 is 2.67 bits per heavy atom. The van der Waals surface area contributed by atoms with Gasteiger partial charge in [-0.25, -0.2) is 0 Å². The predicted molar refractivity (Wildman–Crippen MR) is 67.3 cm³/mol. The zero-order valence-corrected chi connectivity index (χ0v) is 10.1. The van der Waals surface area contributed by atoms with Crippen LogP contribution < -0.4 is 10.7 Å². The second kappa shape index (κ2) is 6.55. The molecule has 3 N–H and O–H groups in total. The number of hydrogen-bond donors (Lipinski definition) is 2. The smallest absolute Gasteiger partial charge is 0.241 e. The summed E-state index contributed by atoms with van der Waals surface area (Å²) >= 11 is 0. The first-order valence-electron chi connectivity index (χ1n) is 5.41. The number of aliphatic hydroxyl groups is 1. The first-order chi connectivity index (χ1) is 8.60. The molecule has 1 aromatic carbocycles. The van der Waals surface area contributed by atoms with Crippen LogP contribution in [0.3, 0.4) is 0 Å². The quantitative estimate of drug-likeness (QED) is 0.527. The Morgan fingerprint density at radius 2 is 2.11 bits per heavy atom. The van der Waals surface area contributed by atoms with Crippen molar-refractivity contribution >= 4 is 11.6 Å². The number of nitroso groups, excluding NO2 is 1. The first-order valence-corrected chi connectivity index (χ1v) is 5.41. The number of rotatable bonds is 7. The van der Waals surface area contributed by atoms with Crippen molar-refractivity contribution in [2.45, 2.75) is 6.42 Å². The number of carbonyl (C=O) groups excluding carboxylic acids is 1. The van der Waals surface area contributed by atoms with E-state index in [0.29, 0.717) is 12.1 Å². The molecule has 0 aromatic heterocycles. The molecular formula is C11H16N4O3. The van der Waals surface area contributed by atoms with E-state index in [0.717, 1.165) is 10.7 Å². The number of primary amides is 1. The third-order valence-corrected chi connectivity index (χ3v) is 2.46. The van der Waals surface area contributed by atoms with Crippen LogP contribution in [0.25, 0.3) is 0 Å². The fourth-order valence-corrected chi connectivity index (χ4v) is 1.61. The molecule has 0 saturated heterocycles. The number of amides is 1. The normalized spacial score (nSPS) is 9.89. The maximum atomic E-state index is 10.8. The Balaban J connectivity index is 2.96. The standard InChI is InChI=1S/C11H16N4O3/c1-14(15(13-18)8-11(12)17)10-5-3-2-4-9(10)6-7-16/h2-5,16H,6-8H2,1H3,(H2,12,17). The highest BCUT2D eigenvalue weighted by molar-refractivity contribution is 5.76. The number of nitrogens with two attached hydrogens (primary N) is 1. The number of benzene rings is 1. The molecule has 18 heavy (non-hydrogen) atoms. The second-order valence-electron chi connectivity index (χ2n) is 3.70. The van der Waals surface area contributed by atoms with E-state index in [2.05, 4.69) is 5.29 Å². The molecule has 0 aliphatic rings. The molecular weight excluding hydrogens is 236 g/mol. The number of hydrogen-bond acceptors (Lipinski definition) is 5. The van der Waals surface area contributed by atoms with E-state index in [1.165, 1.54) is 5.01 Å². The number of nitrogens with zero attached hydrogens (tertiary/aromatic N) is 3. The molecule has 0 heterocycles. The van der Waals surface area contributed by atoms with Gasteiger partial charge < -0.3 is 10.8 Å². The van der Waals surface area contributed by atoms with Crippen LogP contribution in [0.2, 0.25) is 0 Å². The van der Waals surface area contributed by atoms with Crippen LogP contribution in [-0.4, -0.2) is 36.3 Å². The molecule has 1 amide bonds. The van der Waals surface area contributed by atoms with Crippen LogP contribution in [0, 0.1) is 4.91 Å². The Hall–Kier alpha value is -2.15. The minimum atomic E-state index is -0.652. The summed E-state index contributed by atoms with van der Waals surface area (Å²) in [4.78, 5) is 21.5. The van der Waals surface area contributed by atoms with Crippen LogP contribution in [0.1, 0.15) is 5.56 Å². The van der Waals surface area contributed by atoms with Gasteiger partial charge in [-0.05, 0) is 18.1 Å². The molecule has 1 rings (SSSR count). The molecule has 0 bridgehead atoms. The summed E-state index contributed by atoms with van der Waals surface area (Å²) in [6.45, 7) is -0.303. The summed E-state index contributed by atoms with van der Waals surface area (Å²) in [7, 11) is 1.60. The third kappa shape index (κ3) is 3.42. The van der Waals surface area contributed by atoms with Gasteiger partial charge in [0, 0.05) is 13.7 Å². The van der Waals surface area contributed by atoms with Gasteiger partial charge in [0.05, 0.1) is 11.0 Å². The minimum Gasteiger partial charge on any atom is -0.396 e. The zero-order chi connectivity index (χ0) is 13.5. The van der Waals surface area contributed by atoms with Gasteiger partial charge in [0.25, 0.3) is 0 Å². The zero-order valence-electron chi connectivity index (χ0n) is 10.1. The number of hydrazine groups is 1. The van der Waals surface area contributed by atoms with Crippen LogP contribution in [0.15, 0.2) is 29.6 Å². The SMILES string of the molecule is CN(c1ccccc1CCO)N(CC(N)=O)N=O. The molecule has 0 aliphatic heterocycles. The Morgan fingerprint density at radius 1 is 1.44 bits per heavy atom. The highest BCUT2D eigenvalue weighted by Gasteiger charge is 2.16. The average Bonchev–Trinajstić information content (AvgIpc) is 2.36. The van der Waals surface area contributed by atoms with E-state index in [9.17, 15) is 9.70 Å². The third-order valence-electron chi connectivity index (χ3n) is 2.46. The van der Waals surface area contributed by atoms with E-state index in [4.69, 9.17) is 10.8 Å². The summed E-state index contributed by atoms with van der Waals surface area (Å²) in [5.74, 6) is -0.652. The van der Waals surface area contributed by atoms with E-state index in [1.54, 1.807) is 19.2 Å². The molecule has 0 radical (unpaired) electrons. The van der Waals surface area contributed by atoms with Gasteiger partial charge >= 0.3 is 0 Å². The van der Waals surface area contributed by atoms with E-state index in [-0.39, 0.29) is 13.2 Å². The average molecular weight is 252 g/mol. The van der Waals surface area contributed by atoms with Crippen LogP contribution in [-0.2, 0) is 11.2 Å². The molecule has 0 fully saturated rings. The van der Waals surface area contributed by atoms with Crippen molar-refractivity contribution in [3.05, 3.63) is 34.7 Å². The molecule has 0 spiro atoms. The van der Waals surface area contributed by atoms with Crippen molar-refractivity contribution in [2.24, 2.45) is 11.0 Å². The topological polar surface area (TPSA) is 99.2 Å². The molecule has 0 unspecified atom stereocenters. The van der Waals surface area contributed by atoms with Crippen molar-refractivity contribution in [3.8, 4) is 0 Å². The van der Waals surface area contributed by atoms with Gasteiger partial charge in [-0.3, -0.25) is 9.80 Å². The lowest BCUT2D eigenvalue weighted by Gasteiger charge is -2.28. The van der Waals surface area contributed by atoms with Crippen molar-refractivity contribution in [2.75, 3.05) is 25.2 Å². The lowest BCUT2D eigenvalue weighted by Crippen LogP contribution is -2.41. The molecule has 0 saturated carbocycles. The number of anilines is 1. The summed E-state index contributed by atoms with van der Waals surface area (Å²) in [6, 6.07) is 7.22. The monoisotopic (exact) mass is 252 g/mol. The summed E-state index contributed by atoms with van der Waals surface area (Å²) in [5.41, 5.74) is 6.57. The minimum absolute atomic E-state index is 0.00477. The van der Waals surface area contributed by atoms with Crippen LogP contribution >= 0.6 is 0 Å². The largest absolute Gasteiger partial charge is 0.396 e. The lowest BCUT2D eigenvalue weighted by atomic mass is 10.1. The van der Waals surface area contributed by atoms with Gasteiger partial charge in [-0.15, -0.1) is 4.91 Å². The molecule has 0 aliphatic carbocycles. The molecule has 7 nitrogen and oxygen atoms in total. The van der Waals surface area contributed by atoms with Crippen LogP contribution in [0.5, 0.6) is 0 Å². The van der Waals surface area contributed by atoms with E-state index in [1.807, 2.05) is 12.1 Å². The first kappa shape index (κ1) is 13.9. The highest BCUT2D eigenvalue weighted by Crippen LogP contribution is 2.21. The van der Waals surface area contributed by atoms with Gasteiger partial charge in [0.2, 0.25) is 5.91 Å². The Bertz CT molecular complexity index is 425. The Kier molecular flexibility index (Phi) is 5.06. The molecule has 0 atom stereocenters. The number of carbonyl (C=O) groups is 1. The molecule has 98 valence electrons.